The smallest absolute Gasteiger partial charge is 0.223 e. The Hall–Kier alpha value is -3.19. The highest BCUT2D eigenvalue weighted by atomic mass is 16.5. The molecule has 2 fully saturated rings. The third kappa shape index (κ3) is 4.44. The first-order chi connectivity index (χ1) is 16.4. The quantitative estimate of drug-likeness (QED) is 0.600. The van der Waals surface area contributed by atoms with Crippen LogP contribution in [0.1, 0.15) is 45.6 Å². The van der Waals surface area contributed by atoms with Crippen LogP contribution in [0.4, 0.5) is 5.82 Å². The van der Waals surface area contributed by atoms with Gasteiger partial charge in [0, 0.05) is 41.9 Å². The molecule has 7 heteroatoms. The lowest BCUT2D eigenvalue weighted by molar-refractivity contribution is 0.290. The zero-order valence-corrected chi connectivity index (χ0v) is 20.0. The third-order valence-corrected chi connectivity index (χ3v) is 6.51. The van der Waals surface area contributed by atoms with E-state index in [-0.39, 0.29) is 5.54 Å². The predicted molar refractivity (Wildman–Crippen MR) is 132 cm³/mol. The standard InChI is InChI=1S/C27H31N5O2/c1-27(2,3)30-19-10-11-32(15-19)25-9-8-23-22-7-4-17(12-18(22)16-33-26(23)29-25)24-13-21(14-28-31-24)34-20-5-6-20/h4,7-9,12-14,19-20,30H,5-6,10-11,15-16H2,1-3H3. The summed E-state index contributed by atoms with van der Waals surface area (Å²) in [4.78, 5) is 7.24. The molecule has 3 aliphatic rings. The first-order valence-corrected chi connectivity index (χ1v) is 12.2. The molecule has 2 aromatic heterocycles. The number of aromatic nitrogens is 3. The highest BCUT2D eigenvalue weighted by Crippen LogP contribution is 2.39. The second-order valence-electron chi connectivity index (χ2n) is 10.6. The molecule has 1 aromatic carbocycles. The molecule has 34 heavy (non-hydrogen) atoms. The number of ether oxygens (including phenoxy) is 2. The number of nitrogens with zero attached hydrogens (tertiary/aromatic N) is 4. The molecule has 0 amide bonds. The van der Waals surface area contributed by atoms with Crippen molar-refractivity contribution in [2.45, 2.75) is 64.3 Å². The summed E-state index contributed by atoms with van der Waals surface area (Å²) in [5, 5.41) is 12.2. The minimum absolute atomic E-state index is 0.118. The van der Waals surface area contributed by atoms with Crippen molar-refractivity contribution >= 4 is 5.82 Å². The van der Waals surface area contributed by atoms with Gasteiger partial charge >= 0.3 is 0 Å². The second-order valence-corrected chi connectivity index (χ2v) is 10.6. The highest BCUT2D eigenvalue weighted by Gasteiger charge is 2.28. The fourth-order valence-electron chi connectivity index (χ4n) is 4.83. The fraction of sp³-hybridized carbons (Fsp3) is 0.444. The molecule has 0 bridgehead atoms. The molecule has 1 N–H and O–H groups in total. The number of nitrogens with one attached hydrogen (secondary N) is 1. The summed E-state index contributed by atoms with van der Waals surface area (Å²) in [5.74, 6) is 2.48. The minimum atomic E-state index is 0.118. The Morgan fingerprint density at radius 1 is 1.06 bits per heavy atom. The number of fused-ring (bicyclic) bond motifs is 3. The van der Waals surface area contributed by atoms with Gasteiger partial charge in [0.15, 0.2) is 0 Å². The Balaban J connectivity index is 1.22. The van der Waals surface area contributed by atoms with Crippen LogP contribution in [0.15, 0.2) is 42.6 Å². The summed E-state index contributed by atoms with van der Waals surface area (Å²) in [7, 11) is 0. The summed E-state index contributed by atoms with van der Waals surface area (Å²) in [6.07, 6.45) is 5.39. The van der Waals surface area contributed by atoms with Crippen LogP contribution in [0, 0.1) is 0 Å². The summed E-state index contributed by atoms with van der Waals surface area (Å²) in [6, 6.07) is 13.1. The molecule has 1 aliphatic carbocycles. The van der Waals surface area contributed by atoms with Crippen LogP contribution in [-0.2, 0) is 6.61 Å². The molecular formula is C27H31N5O2. The van der Waals surface area contributed by atoms with Gasteiger partial charge in [0.1, 0.15) is 18.2 Å². The van der Waals surface area contributed by atoms with Gasteiger partial charge in [0.25, 0.3) is 0 Å². The van der Waals surface area contributed by atoms with E-state index in [1.165, 1.54) is 0 Å². The lowest BCUT2D eigenvalue weighted by Crippen LogP contribution is -2.44. The van der Waals surface area contributed by atoms with E-state index in [9.17, 15) is 0 Å². The summed E-state index contributed by atoms with van der Waals surface area (Å²) in [5.41, 5.74) is 5.28. The lowest BCUT2D eigenvalue weighted by atomic mass is 9.96. The molecule has 1 unspecified atom stereocenters. The average Bonchev–Trinajstić information content (AvgIpc) is 3.52. The second kappa shape index (κ2) is 8.24. The van der Waals surface area contributed by atoms with E-state index in [1.807, 2.05) is 6.07 Å². The van der Waals surface area contributed by atoms with Gasteiger partial charge in [-0.1, -0.05) is 12.1 Å². The van der Waals surface area contributed by atoms with Crippen molar-refractivity contribution in [3.8, 4) is 34.0 Å². The van der Waals surface area contributed by atoms with Gasteiger partial charge in [0.2, 0.25) is 5.88 Å². The molecule has 6 rings (SSSR count). The monoisotopic (exact) mass is 457 g/mol. The summed E-state index contributed by atoms with van der Waals surface area (Å²) in [6.45, 7) is 9.11. The van der Waals surface area contributed by atoms with E-state index in [0.29, 0.717) is 24.6 Å². The third-order valence-electron chi connectivity index (χ3n) is 6.51. The summed E-state index contributed by atoms with van der Waals surface area (Å²) >= 11 is 0. The molecule has 0 spiro atoms. The molecule has 1 atom stereocenters. The zero-order chi connectivity index (χ0) is 23.3. The Labute approximate surface area is 200 Å². The van der Waals surface area contributed by atoms with Crippen LogP contribution < -0.4 is 19.7 Å². The first-order valence-electron chi connectivity index (χ1n) is 12.2. The van der Waals surface area contributed by atoms with Crippen molar-refractivity contribution in [2.24, 2.45) is 0 Å². The lowest BCUT2D eigenvalue weighted by Gasteiger charge is -2.26. The first kappa shape index (κ1) is 21.4. The number of hydrogen-bond acceptors (Lipinski definition) is 7. The van der Waals surface area contributed by atoms with Gasteiger partial charge in [-0.25, -0.2) is 0 Å². The van der Waals surface area contributed by atoms with E-state index in [4.69, 9.17) is 14.5 Å². The van der Waals surface area contributed by atoms with Crippen LogP contribution in [0.25, 0.3) is 22.4 Å². The number of hydrogen-bond donors (Lipinski definition) is 1. The number of rotatable bonds is 5. The van der Waals surface area contributed by atoms with Gasteiger partial charge in [-0.3, -0.25) is 0 Å². The van der Waals surface area contributed by atoms with E-state index < -0.39 is 0 Å². The molecular weight excluding hydrogens is 426 g/mol. The van der Waals surface area contributed by atoms with Crippen molar-refractivity contribution in [2.75, 3.05) is 18.0 Å². The Kier molecular flexibility index (Phi) is 5.17. The van der Waals surface area contributed by atoms with E-state index >= 15 is 0 Å². The Bertz CT molecular complexity index is 1220. The molecule has 1 saturated carbocycles. The molecule has 4 heterocycles. The van der Waals surface area contributed by atoms with Gasteiger partial charge < -0.3 is 19.7 Å². The Morgan fingerprint density at radius 3 is 2.74 bits per heavy atom. The topological polar surface area (TPSA) is 72.4 Å². The van der Waals surface area contributed by atoms with Crippen LogP contribution in [0.5, 0.6) is 11.6 Å². The van der Waals surface area contributed by atoms with Gasteiger partial charge in [-0.2, -0.15) is 15.2 Å². The van der Waals surface area contributed by atoms with E-state index in [2.05, 4.69) is 71.5 Å². The zero-order valence-electron chi connectivity index (χ0n) is 20.0. The largest absolute Gasteiger partial charge is 0.489 e. The number of pyridine rings is 1. The maximum Gasteiger partial charge on any atom is 0.223 e. The molecule has 176 valence electrons. The van der Waals surface area contributed by atoms with Crippen LogP contribution >= 0.6 is 0 Å². The molecule has 2 aliphatic heterocycles. The average molecular weight is 458 g/mol. The normalized spacial score (nSPS) is 19.4. The van der Waals surface area contributed by atoms with Crippen molar-refractivity contribution < 1.29 is 9.47 Å². The molecule has 3 aromatic rings. The maximum atomic E-state index is 6.12. The van der Waals surface area contributed by atoms with Gasteiger partial charge in [-0.15, -0.1) is 0 Å². The molecule has 0 radical (unpaired) electrons. The number of benzene rings is 1. The van der Waals surface area contributed by atoms with Crippen LogP contribution in [0.3, 0.4) is 0 Å². The highest BCUT2D eigenvalue weighted by molar-refractivity contribution is 5.77. The molecule has 1 saturated heterocycles. The number of anilines is 1. The van der Waals surface area contributed by atoms with Crippen molar-refractivity contribution in [3.05, 3.63) is 48.2 Å². The molecule has 7 nitrogen and oxygen atoms in total. The van der Waals surface area contributed by atoms with Crippen molar-refractivity contribution in [1.82, 2.24) is 20.5 Å². The van der Waals surface area contributed by atoms with Crippen molar-refractivity contribution in [1.29, 1.82) is 0 Å². The van der Waals surface area contributed by atoms with Gasteiger partial charge in [-0.05, 0) is 69.4 Å². The van der Waals surface area contributed by atoms with Crippen LogP contribution in [-0.4, -0.2) is 46.0 Å². The summed E-state index contributed by atoms with van der Waals surface area (Å²) < 4.78 is 12.0. The maximum absolute atomic E-state index is 6.12. The van der Waals surface area contributed by atoms with E-state index in [1.54, 1.807) is 6.20 Å². The van der Waals surface area contributed by atoms with E-state index in [0.717, 1.165) is 71.9 Å². The minimum Gasteiger partial charge on any atom is -0.489 e. The fourth-order valence-corrected chi connectivity index (χ4v) is 4.83. The Morgan fingerprint density at radius 2 is 1.91 bits per heavy atom. The van der Waals surface area contributed by atoms with Gasteiger partial charge in [0.05, 0.1) is 18.0 Å². The van der Waals surface area contributed by atoms with Crippen molar-refractivity contribution in [3.63, 3.8) is 0 Å². The van der Waals surface area contributed by atoms with Crippen LogP contribution in [0.2, 0.25) is 0 Å². The predicted octanol–water partition coefficient (Wildman–Crippen LogP) is 4.61. The SMILES string of the molecule is CC(C)(C)NC1CCN(c2ccc3c(n2)OCc2cc(-c4cc(OC5CC5)cnn4)ccc2-3)C1.